The lowest BCUT2D eigenvalue weighted by Gasteiger charge is -2.16. The average Bonchev–Trinajstić information content (AvgIpc) is 3.01. The zero-order chi connectivity index (χ0) is 19.6. The highest BCUT2D eigenvalue weighted by Crippen LogP contribution is 2.17. The Labute approximate surface area is 190 Å². The molecule has 0 radical (unpaired) electrons. The maximum atomic E-state index is 12.4. The van der Waals surface area contributed by atoms with Gasteiger partial charge in [0.15, 0.2) is 0 Å². The number of carbonyl (C=O) groups is 2. The Morgan fingerprint density at radius 1 is 0.900 bits per heavy atom. The Morgan fingerprint density at radius 2 is 1.63 bits per heavy atom. The number of carbonyl (C=O) groups excluding carboxylic acids is 2. The standard InChI is InChI=1S/C22H28N4O2.2ClH/c27-21(25-14-13-24-19-9-3-1-2-4-10-19)17-7-5-11-20(15-17)26-22(28)18-8-6-12-23-16-18;;/h5-8,11-12,15-16,19,24H,1-4,9-10,13-14H2,(H,25,27)(H,26,28);2*1H. The minimum atomic E-state index is -0.252. The minimum absolute atomic E-state index is 0. The monoisotopic (exact) mass is 452 g/mol. The molecule has 0 unspecified atom stereocenters. The number of pyridine rings is 1. The molecule has 0 aliphatic heterocycles. The molecule has 1 saturated carbocycles. The Morgan fingerprint density at radius 3 is 2.33 bits per heavy atom. The molecule has 6 nitrogen and oxygen atoms in total. The lowest BCUT2D eigenvalue weighted by Crippen LogP contribution is -2.36. The van der Waals surface area contributed by atoms with Crippen molar-refractivity contribution < 1.29 is 9.59 Å². The molecular weight excluding hydrogens is 423 g/mol. The molecule has 0 atom stereocenters. The van der Waals surface area contributed by atoms with Gasteiger partial charge < -0.3 is 16.0 Å². The predicted octanol–water partition coefficient (Wildman–Crippen LogP) is 4.22. The van der Waals surface area contributed by atoms with E-state index in [1.807, 2.05) is 0 Å². The van der Waals surface area contributed by atoms with Crippen LogP contribution in [-0.2, 0) is 0 Å². The molecule has 1 aliphatic carbocycles. The minimum Gasteiger partial charge on any atom is -0.351 e. The molecule has 1 fully saturated rings. The van der Waals surface area contributed by atoms with E-state index in [2.05, 4.69) is 20.9 Å². The molecule has 3 rings (SSSR count). The molecule has 1 aliphatic rings. The van der Waals surface area contributed by atoms with Gasteiger partial charge in [-0.15, -0.1) is 24.8 Å². The van der Waals surface area contributed by atoms with E-state index in [9.17, 15) is 9.59 Å². The van der Waals surface area contributed by atoms with Gasteiger partial charge in [0.05, 0.1) is 5.56 Å². The smallest absolute Gasteiger partial charge is 0.257 e. The van der Waals surface area contributed by atoms with Gasteiger partial charge in [0.25, 0.3) is 11.8 Å². The van der Waals surface area contributed by atoms with Gasteiger partial charge in [0, 0.05) is 42.8 Å². The topological polar surface area (TPSA) is 83.1 Å². The summed E-state index contributed by atoms with van der Waals surface area (Å²) in [5.74, 6) is -0.390. The average molecular weight is 453 g/mol. The quantitative estimate of drug-likeness (QED) is 0.433. The van der Waals surface area contributed by atoms with Crippen LogP contribution in [0.4, 0.5) is 5.69 Å². The third-order valence-electron chi connectivity index (χ3n) is 5.01. The fourth-order valence-electron chi connectivity index (χ4n) is 3.48. The van der Waals surface area contributed by atoms with Crippen LogP contribution >= 0.6 is 24.8 Å². The zero-order valence-corrected chi connectivity index (χ0v) is 18.6. The summed E-state index contributed by atoms with van der Waals surface area (Å²) in [5.41, 5.74) is 1.58. The number of hydrogen-bond donors (Lipinski definition) is 3. The maximum absolute atomic E-state index is 12.4. The van der Waals surface area contributed by atoms with Crippen molar-refractivity contribution in [3.8, 4) is 0 Å². The molecule has 3 N–H and O–H groups in total. The maximum Gasteiger partial charge on any atom is 0.257 e. The first-order chi connectivity index (χ1) is 13.7. The van der Waals surface area contributed by atoms with Crippen LogP contribution in [0.1, 0.15) is 59.2 Å². The summed E-state index contributed by atoms with van der Waals surface area (Å²) in [6.07, 6.45) is 10.8. The lowest BCUT2D eigenvalue weighted by molar-refractivity contribution is 0.0952. The zero-order valence-electron chi connectivity index (χ0n) is 16.9. The summed E-state index contributed by atoms with van der Waals surface area (Å²) >= 11 is 0. The van der Waals surface area contributed by atoms with Crippen molar-refractivity contribution in [2.24, 2.45) is 0 Å². The lowest BCUT2D eigenvalue weighted by atomic mass is 10.1. The molecule has 2 amide bonds. The molecule has 0 bridgehead atoms. The number of amides is 2. The van der Waals surface area contributed by atoms with Gasteiger partial charge in [-0.2, -0.15) is 0 Å². The molecule has 2 aromatic rings. The second-order valence-electron chi connectivity index (χ2n) is 7.18. The van der Waals surface area contributed by atoms with Crippen LogP contribution < -0.4 is 16.0 Å². The molecule has 0 saturated heterocycles. The van der Waals surface area contributed by atoms with Crippen molar-refractivity contribution in [1.29, 1.82) is 0 Å². The second kappa shape index (κ2) is 14.0. The molecule has 8 heteroatoms. The fraction of sp³-hybridized carbons (Fsp3) is 0.409. The van der Waals surface area contributed by atoms with Gasteiger partial charge >= 0.3 is 0 Å². The van der Waals surface area contributed by atoms with E-state index in [0.717, 1.165) is 6.54 Å². The first kappa shape index (κ1) is 25.9. The Hall–Kier alpha value is -2.15. The molecule has 0 spiro atoms. The van der Waals surface area contributed by atoms with E-state index in [-0.39, 0.29) is 36.6 Å². The van der Waals surface area contributed by atoms with Gasteiger partial charge in [0.1, 0.15) is 0 Å². The number of anilines is 1. The van der Waals surface area contributed by atoms with Crippen LogP contribution in [-0.4, -0.2) is 35.9 Å². The molecule has 1 aromatic carbocycles. The van der Waals surface area contributed by atoms with Crippen molar-refractivity contribution >= 4 is 42.3 Å². The highest BCUT2D eigenvalue weighted by molar-refractivity contribution is 6.04. The number of nitrogens with zero attached hydrogens (tertiary/aromatic N) is 1. The van der Waals surface area contributed by atoms with Crippen molar-refractivity contribution in [2.45, 2.75) is 44.6 Å². The molecular formula is C22H30Cl2N4O2. The van der Waals surface area contributed by atoms with Gasteiger partial charge in [0.2, 0.25) is 0 Å². The summed E-state index contributed by atoms with van der Waals surface area (Å²) in [6, 6.07) is 10.9. The molecule has 30 heavy (non-hydrogen) atoms. The van der Waals surface area contributed by atoms with Gasteiger partial charge in [-0.25, -0.2) is 0 Å². The summed E-state index contributed by atoms with van der Waals surface area (Å²) in [4.78, 5) is 28.6. The molecule has 1 heterocycles. The van der Waals surface area contributed by atoms with Crippen LogP contribution in [0.5, 0.6) is 0 Å². The van der Waals surface area contributed by atoms with Crippen LogP contribution in [0.25, 0.3) is 0 Å². The van der Waals surface area contributed by atoms with Crippen LogP contribution in [0.15, 0.2) is 48.8 Å². The summed E-state index contributed by atoms with van der Waals surface area (Å²) < 4.78 is 0. The van der Waals surface area contributed by atoms with Gasteiger partial charge in [-0.3, -0.25) is 14.6 Å². The summed E-state index contributed by atoms with van der Waals surface area (Å²) in [6.45, 7) is 1.36. The van der Waals surface area contributed by atoms with Crippen LogP contribution in [0, 0.1) is 0 Å². The van der Waals surface area contributed by atoms with E-state index in [1.165, 1.54) is 44.7 Å². The number of rotatable bonds is 7. The van der Waals surface area contributed by atoms with E-state index in [1.54, 1.807) is 42.6 Å². The van der Waals surface area contributed by atoms with Gasteiger partial charge in [-0.05, 0) is 43.2 Å². The predicted molar refractivity (Wildman–Crippen MR) is 125 cm³/mol. The third-order valence-corrected chi connectivity index (χ3v) is 5.01. The first-order valence-electron chi connectivity index (χ1n) is 10.1. The van der Waals surface area contributed by atoms with E-state index < -0.39 is 0 Å². The highest BCUT2D eigenvalue weighted by Gasteiger charge is 2.12. The Kier molecular flexibility index (Phi) is 12.0. The number of hydrogen-bond acceptors (Lipinski definition) is 4. The third kappa shape index (κ3) is 8.30. The normalized spacial score (nSPS) is 13.9. The van der Waals surface area contributed by atoms with E-state index >= 15 is 0 Å². The van der Waals surface area contributed by atoms with Crippen molar-refractivity contribution in [1.82, 2.24) is 15.6 Å². The molecule has 164 valence electrons. The second-order valence-corrected chi connectivity index (χ2v) is 7.18. The van der Waals surface area contributed by atoms with Gasteiger partial charge in [-0.1, -0.05) is 31.7 Å². The fourth-order valence-corrected chi connectivity index (χ4v) is 3.48. The largest absolute Gasteiger partial charge is 0.351 e. The Balaban J connectivity index is 0.00000225. The number of halogens is 2. The SMILES string of the molecule is Cl.Cl.O=C(NCCNC1CCCCCC1)c1cccc(NC(=O)c2cccnc2)c1. The van der Waals surface area contributed by atoms with Crippen molar-refractivity contribution in [3.63, 3.8) is 0 Å². The van der Waals surface area contributed by atoms with Crippen molar-refractivity contribution in [2.75, 3.05) is 18.4 Å². The van der Waals surface area contributed by atoms with Crippen LogP contribution in [0.3, 0.4) is 0 Å². The number of nitrogens with one attached hydrogen (secondary N) is 3. The van der Waals surface area contributed by atoms with E-state index in [0.29, 0.717) is 29.4 Å². The Bertz CT molecular complexity index is 782. The first-order valence-corrected chi connectivity index (χ1v) is 10.1. The van der Waals surface area contributed by atoms with Crippen LogP contribution in [0.2, 0.25) is 0 Å². The highest BCUT2D eigenvalue weighted by atomic mass is 35.5. The number of benzene rings is 1. The molecule has 1 aromatic heterocycles. The summed E-state index contributed by atoms with van der Waals surface area (Å²) in [5, 5.41) is 9.29. The number of aromatic nitrogens is 1. The van der Waals surface area contributed by atoms with E-state index in [4.69, 9.17) is 0 Å². The summed E-state index contributed by atoms with van der Waals surface area (Å²) in [7, 11) is 0. The van der Waals surface area contributed by atoms with Crippen molar-refractivity contribution in [3.05, 3.63) is 59.9 Å².